The van der Waals surface area contributed by atoms with Crippen LogP contribution in [0.25, 0.3) is 5.57 Å². The number of ether oxygens (including phenoxy) is 2. The van der Waals surface area contributed by atoms with Crippen LogP contribution in [-0.2, 0) is 15.9 Å². The molecule has 74 valence electrons. The minimum Gasteiger partial charge on any atom is -0.362 e. The highest BCUT2D eigenvalue weighted by Crippen LogP contribution is 2.57. The largest absolute Gasteiger partial charge is 0.362 e. The maximum atomic E-state index is 5.72. The molecule has 4 unspecified atom stereocenters. The second-order valence-electron chi connectivity index (χ2n) is 4.82. The molecule has 2 heteroatoms. The molecular formula is C13H10O2. The Morgan fingerprint density at radius 3 is 2.80 bits per heavy atom. The first-order valence-electron chi connectivity index (χ1n) is 5.55. The fourth-order valence-corrected chi connectivity index (χ4v) is 3.26. The van der Waals surface area contributed by atoms with Gasteiger partial charge in [0, 0.05) is 0 Å². The summed E-state index contributed by atoms with van der Waals surface area (Å²) in [5, 5.41) is 0. The van der Waals surface area contributed by atoms with E-state index in [1.54, 1.807) is 0 Å². The molecule has 2 aliphatic carbocycles. The van der Waals surface area contributed by atoms with Gasteiger partial charge in [-0.15, -0.1) is 0 Å². The fraction of sp³-hybridized carbons (Fsp3) is 0.385. The Kier molecular flexibility index (Phi) is 0.978. The van der Waals surface area contributed by atoms with Crippen molar-refractivity contribution in [3.63, 3.8) is 0 Å². The lowest BCUT2D eigenvalue weighted by atomic mass is 9.92. The molecule has 5 rings (SSSR count). The van der Waals surface area contributed by atoms with Crippen molar-refractivity contribution in [1.82, 2.24) is 0 Å². The molecule has 0 spiro atoms. The quantitative estimate of drug-likeness (QED) is 0.591. The second-order valence-corrected chi connectivity index (χ2v) is 4.82. The van der Waals surface area contributed by atoms with Gasteiger partial charge < -0.3 is 9.47 Å². The molecule has 2 fully saturated rings. The minimum atomic E-state index is 0.354. The molecule has 2 aliphatic heterocycles. The Morgan fingerprint density at radius 2 is 1.80 bits per heavy atom. The summed E-state index contributed by atoms with van der Waals surface area (Å²) in [4.78, 5) is 0. The summed E-state index contributed by atoms with van der Waals surface area (Å²) in [7, 11) is 0. The highest BCUT2D eigenvalue weighted by atomic mass is 16.7. The molecule has 1 aromatic carbocycles. The van der Waals surface area contributed by atoms with Gasteiger partial charge in [0.1, 0.15) is 24.4 Å². The lowest BCUT2D eigenvalue weighted by molar-refractivity contribution is 0.313. The van der Waals surface area contributed by atoms with Gasteiger partial charge >= 0.3 is 0 Å². The number of rotatable bonds is 0. The zero-order chi connectivity index (χ0) is 9.57. The molecular weight excluding hydrogens is 188 g/mol. The maximum absolute atomic E-state index is 5.72. The molecule has 0 amide bonds. The summed E-state index contributed by atoms with van der Waals surface area (Å²) in [6, 6.07) is 8.68. The van der Waals surface area contributed by atoms with Crippen LogP contribution in [0.5, 0.6) is 0 Å². The van der Waals surface area contributed by atoms with Crippen LogP contribution in [0.2, 0.25) is 0 Å². The Bertz CT molecular complexity index is 517. The Hall–Kier alpha value is -1.12. The number of hydrogen-bond acceptors (Lipinski definition) is 2. The van der Waals surface area contributed by atoms with E-state index in [2.05, 4.69) is 24.3 Å². The lowest BCUT2D eigenvalue weighted by Gasteiger charge is -2.06. The van der Waals surface area contributed by atoms with Crippen molar-refractivity contribution in [1.29, 1.82) is 0 Å². The van der Waals surface area contributed by atoms with Crippen LogP contribution in [-0.4, -0.2) is 24.4 Å². The standard InChI is InChI=1S/C13H10O2/c1-2-4-7-6(3-1)5-8-9(7)11-13(15-11)12-10(8)14-12/h1-4,10-13H,5H2. The second kappa shape index (κ2) is 2.04. The Morgan fingerprint density at radius 1 is 1.00 bits per heavy atom. The summed E-state index contributed by atoms with van der Waals surface area (Å²) >= 11 is 0. The van der Waals surface area contributed by atoms with Gasteiger partial charge in [-0.2, -0.15) is 0 Å². The topological polar surface area (TPSA) is 25.1 Å². The van der Waals surface area contributed by atoms with E-state index in [0.29, 0.717) is 24.4 Å². The smallest absolute Gasteiger partial charge is 0.118 e. The van der Waals surface area contributed by atoms with Crippen LogP contribution in [0.4, 0.5) is 0 Å². The van der Waals surface area contributed by atoms with Crippen LogP contribution >= 0.6 is 0 Å². The Labute approximate surface area is 87.5 Å². The molecule has 2 saturated heterocycles. The Balaban J connectivity index is 1.77. The highest BCUT2D eigenvalue weighted by molar-refractivity contribution is 5.83. The SMILES string of the molecule is c1ccc2c(c1)CC1=C2C2OC2C2OC12. The van der Waals surface area contributed by atoms with Gasteiger partial charge in [0.25, 0.3) is 0 Å². The third kappa shape index (κ3) is 0.724. The van der Waals surface area contributed by atoms with E-state index in [-0.39, 0.29) is 0 Å². The van der Waals surface area contributed by atoms with Crippen molar-refractivity contribution >= 4 is 5.57 Å². The van der Waals surface area contributed by atoms with Crippen molar-refractivity contribution in [3.8, 4) is 0 Å². The molecule has 0 radical (unpaired) electrons. The zero-order valence-corrected chi connectivity index (χ0v) is 8.14. The van der Waals surface area contributed by atoms with E-state index >= 15 is 0 Å². The number of fused-ring (bicyclic) bond motifs is 7. The first-order valence-corrected chi connectivity index (χ1v) is 5.55. The summed E-state index contributed by atoms with van der Waals surface area (Å²) in [5.74, 6) is 0. The third-order valence-corrected chi connectivity index (χ3v) is 4.04. The van der Waals surface area contributed by atoms with E-state index in [1.165, 1.54) is 22.3 Å². The summed E-state index contributed by atoms with van der Waals surface area (Å²) < 4.78 is 11.4. The summed E-state index contributed by atoms with van der Waals surface area (Å²) in [6.45, 7) is 0. The molecule has 0 bridgehead atoms. The highest BCUT2D eigenvalue weighted by Gasteiger charge is 2.65. The van der Waals surface area contributed by atoms with Crippen molar-refractivity contribution in [3.05, 3.63) is 41.0 Å². The summed E-state index contributed by atoms with van der Waals surface area (Å²) in [5.41, 5.74) is 5.82. The van der Waals surface area contributed by atoms with Crippen LogP contribution in [0.3, 0.4) is 0 Å². The molecule has 0 saturated carbocycles. The van der Waals surface area contributed by atoms with Crippen molar-refractivity contribution < 1.29 is 9.47 Å². The molecule has 2 nitrogen and oxygen atoms in total. The number of epoxide rings is 2. The number of benzene rings is 1. The van der Waals surface area contributed by atoms with Gasteiger partial charge in [0.2, 0.25) is 0 Å². The summed E-state index contributed by atoms with van der Waals surface area (Å²) in [6.07, 6.45) is 2.59. The predicted octanol–water partition coefficient (Wildman–Crippen LogP) is 1.54. The van der Waals surface area contributed by atoms with Crippen molar-refractivity contribution in [2.75, 3.05) is 0 Å². The fourth-order valence-electron chi connectivity index (χ4n) is 3.26. The van der Waals surface area contributed by atoms with Crippen LogP contribution < -0.4 is 0 Å². The van der Waals surface area contributed by atoms with Gasteiger partial charge in [-0.1, -0.05) is 24.3 Å². The average Bonchev–Trinajstić information content (AvgIpc) is 3.12. The first-order chi connectivity index (χ1) is 7.43. The molecule has 4 aliphatic rings. The van der Waals surface area contributed by atoms with E-state index in [0.717, 1.165) is 6.42 Å². The third-order valence-electron chi connectivity index (χ3n) is 4.04. The molecule has 0 N–H and O–H groups in total. The zero-order valence-electron chi connectivity index (χ0n) is 8.14. The monoisotopic (exact) mass is 198 g/mol. The maximum Gasteiger partial charge on any atom is 0.118 e. The van der Waals surface area contributed by atoms with Crippen LogP contribution in [0, 0.1) is 0 Å². The van der Waals surface area contributed by atoms with Crippen LogP contribution in [0.1, 0.15) is 11.1 Å². The predicted molar refractivity (Wildman–Crippen MR) is 54.4 cm³/mol. The van der Waals surface area contributed by atoms with Gasteiger partial charge in [0.15, 0.2) is 0 Å². The van der Waals surface area contributed by atoms with Crippen LogP contribution in [0.15, 0.2) is 29.8 Å². The molecule has 15 heavy (non-hydrogen) atoms. The van der Waals surface area contributed by atoms with Crippen molar-refractivity contribution in [2.24, 2.45) is 0 Å². The lowest BCUT2D eigenvalue weighted by Crippen LogP contribution is -2.14. The van der Waals surface area contributed by atoms with Gasteiger partial charge in [-0.25, -0.2) is 0 Å². The number of hydrogen-bond donors (Lipinski definition) is 0. The van der Waals surface area contributed by atoms with E-state index in [9.17, 15) is 0 Å². The van der Waals surface area contributed by atoms with Gasteiger partial charge in [-0.05, 0) is 28.7 Å². The normalized spacial score (nSPS) is 42.9. The van der Waals surface area contributed by atoms with Crippen molar-refractivity contribution in [2.45, 2.75) is 30.8 Å². The first kappa shape index (κ1) is 7.20. The van der Waals surface area contributed by atoms with E-state index < -0.39 is 0 Å². The van der Waals surface area contributed by atoms with Gasteiger partial charge in [0.05, 0.1) is 0 Å². The molecule has 0 aromatic heterocycles. The average molecular weight is 198 g/mol. The minimum absolute atomic E-state index is 0.354. The van der Waals surface area contributed by atoms with E-state index in [4.69, 9.17) is 9.47 Å². The van der Waals surface area contributed by atoms with E-state index in [1.807, 2.05) is 0 Å². The van der Waals surface area contributed by atoms with Gasteiger partial charge in [-0.3, -0.25) is 0 Å². The molecule has 2 heterocycles. The molecule has 1 aromatic rings. The molecule has 4 atom stereocenters.